The van der Waals surface area contributed by atoms with Gasteiger partial charge >= 0.3 is 5.97 Å². The van der Waals surface area contributed by atoms with Gasteiger partial charge in [0.1, 0.15) is 0 Å². The smallest absolute Gasteiger partial charge is 0.303 e. The van der Waals surface area contributed by atoms with E-state index in [1.165, 1.54) is 32.1 Å². The number of nitrogens with two attached hydrogens (primary N) is 1. The van der Waals surface area contributed by atoms with Crippen LogP contribution in [0.4, 0.5) is 0 Å². The van der Waals surface area contributed by atoms with E-state index >= 15 is 0 Å². The lowest BCUT2D eigenvalue weighted by Gasteiger charge is -2.35. The Morgan fingerprint density at radius 1 is 1.26 bits per heavy atom. The highest BCUT2D eigenvalue weighted by Gasteiger charge is 2.30. The number of hydrogen-bond acceptors (Lipinski definition) is 2. The van der Waals surface area contributed by atoms with Crippen molar-refractivity contribution in [3.63, 3.8) is 0 Å². The van der Waals surface area contributed by atoms with Crippen LogP contribution in [0.5, 0.6) is 0 Å². The highest BCUT2D eigenvalue weighted by atomic mass is 16.4. The van der Waals surface area contributed by atoms with Gasteiger partial charge in [0.25, 0.3) is 0 Å². The van der Waals surface area contributed by atoms with E-state index in [4.69, 9.17) is 5.73 Å². The maximum Gasteiger partial charge on any atom is 0.303 e. The van der Waals surface area contributed by atoms with Crippen molar-refractivity contribution in [2.75, 3.05) is 6.54 Å². The third-order valence-corrected chi connectivity index (χ3v) is 4.82. The second-order valence-electron chi connectivity index (χ2n) is 6.11. The van der Waals surface area contributed by atoms with Crippen LogP contribution in [0.25, 0.3) is 0 Å². The zero-order valence-corrected chi connectivity index (χ0v) is 12.4. The van der Waals surface area contributed by atoms with Crippen LogP contribution in [0.1, 0.15) is 71.1 Å². The van der Waals surface area contributed by atoms with Crippen LogP contribution in [0.3, 0.4) is 0 Å². The van der Waals surface area contributed by atoms with Gasteiger partial charge in [0.15, 0.2) is 0 Å². The molecular formula is C16H31NO2. The van der Waals surface area contributed by atoms with Crippen LogP contribution in [0.15, 0.2) is 0 Å². The average molecular weight is 269 g/mol. The first kappa shape index (κ1) is 16.5. The molecule has 0 aromatic carbocycles. The molecule has 1 rings (SSSR count). The minimum Gasteiger partial charge on any atom is -0.481 e. The molecule has 0 radical (unpaired) electrons. The van der Waals surface area contributed by atoms with Gasteiger partial charge in [0, 0.05) is 6.42 Å². The standard InChI is InChI=1S/C16H31NO2/c1-2-13(8-6-7-11-17)15(12-16(18)19)14-9-4-3-5-10-14/h13-15H,2-12,17H2,1H3,(H,18,19). The van der Waals surface area contributed by atoms with Crippen molar-refractivity contribution in [2.45, 2.75) is 71.1 Å². The van der Waals surface area contributed by atoms with Crippen molar-refractivity contribution in [2.24, 2.45) is 23.5 Å². The number of aliphatic carboxylic acids is 1. The first-order valence-corrected chi connectivity index (χ1v) is 8.10. The molecule has 0 amide bonds. The Bertz CT molecular complexity index is 249. The SMILES string of the molecule is CCC(CCCCN)C(CC(=O)O)C1CCCCC1. The van der Waals surface area contributed by atoms with Crippen molar-refractivity contribution >= 4 is 5.97 Å². The predicted octanol–water partition coefficient (Wildman–Crippen LogP) is 3.81. The van der Waals surface area contributed by atoms with Crippen molar-refractivity contribution in [3.05, 3.63) is 0 Å². The lowest BCUT2D eigenvalue weighted by Crippen LogP contribution is -2.28. The van der Waals surface area contributed by atoms with Gasteiger partial charge in [-0.25, -0.2) is 0 Å². The van der Waals surface area contributed by atoms with Gasteiger partial charge in [-0.2, -0.15) is 0 Å². The molecule has 1 aliphatic rings. The Balaban J connectivity index is 2.59. The summed E-state index contributed by atoms with van der Waals surface area (Å²) in [6.45, 7) is 2.97. The topological polar surface area (TPSA) is 63.3 Å². The number of hydrogen-bond donors (Lipinski definition) is 2. The summed E-state index contributed by atoms with van der Waals surface area (Å²) < 4.78 is 0. The zero-order valence-electron chi connectivity index (χ0n) is 12.4. The Hall–Kier alpha value is -0.570. The van der Waals surface area contributed by atoms with Crippen LogP contribution in [-0.2, 0) is 4.79 Å². The summed E-state index contributed by atoms with van der Waals surface area (Å²) in [5.74, 6) is 0.992. The Labute approximate surface area is 118 Å². The number of carboxylic acids is 1. The molecule has 0 saturated heterocycles. The highest BCUT2D eigenvalue weighted by Crippen LogP contribution is 2.39. The molecule has 0 spiro atoms. The predicted molar refractivity (Wildman–Crippen MR) is 79.0 cm³/mol. The van der Waals surface area contributed by atoms with Gasteiger partial charge in [-0.1, -0.05) is 58.3 Å². The van der Waals surface area contributed by atoms with E-state index in [-0.39, 0.29) is 0 Å². The molecule has 0 aliphatic heterocycles. The maximum absolute atomic E-state index is 11.2. The molecule has 2 atom stereocenters. The van der Waals surface area contributed by atoms with Crippen molar-refractivity contribution in [3.8, 4) is 0 Å². The third-order valence-electron chi connectivity index (χ3n) is 4.82. The molecule has 1 fully saturated rings. The third kappa shape index (κ3) is 5.94. The lowest BCUT2D eigenvalue weighted by atomic mass is 9.70. The highest BCUT2D eigenvalue weighted by molar-refractivity contribution is 5.67. The quantitative estimate of drug-likeness (QED) is 0.626. The van der Waals surface area contributed by atoms with E-state index in [2.05, 4.69) is 6.92 Å². The minimum absolute atomic E-state index is 0.367. The van der Waals surface area contributed by atoms with E-state index in [9.17, 15) is 9.90 Å². The molecule has 3 N–H and O–H groups in total. The molecule has 2 unspecified atom stereocenters. The molecule has 0 heterocycles. The Kier molecular flexibility index (Phi) is 8.11. The van der Waals surface area contributed by atoms with Crippen LogP contribution in [0, 0.1) is 17.8 Å². The normalized spacial score (nSPS) is 20.1. The molecule has 0 aromatic heterocycles. The van der Waals surface area contributed by atoms with Crippen molar-refractivity contribution in [1.29, 1.82) is 0 Å². The molecule has 3 heteroatoms. The summed E-state index contributed by atoms with van der Waals surface area (Å²) in [5, 5.41) is 9.21. The summed E-state index contributed by atoms with van der Waals surface area (Å²) in [6, 6.07) is 0. The largest absolute Gasteiger partial charge is 0.481 e. The van der Waals surface area contributed by atoms with E-state index in [1.54, 1.807) is 0 Å². The molecule has 1 saturated carbocycles. The van der Waals surface area contributed by atoms with E-state index in [0.717, 1.165) is 32.2 Å². The van der Waals surface area contributed by atoms with Crippen LogP contribution >= 0.6 is 0 Å². The molecule has 0 aromatic rings. The van der Waals surface area contributed by atoms with Crippen LogP contribution < -0.4 is 5.73 Å². The maximum atomic E-state index is 11.2. The fourth-order valence-corrected chi connectivity index (χ4v) is 3.75. The fraction of sp³-hybridized carbons (Fsp3) is 0.938. The molecule has 19 heavy (non-hydrogen) atoms. The van der Waals surface area contributed by atoms with Crippen LogP contribution in [-0.4, -0.2) is 17.6 Å². The first-order valence-electron chi connectivity index (χ1n) is 8.10. The fourth-order valence-electron chi connectivity index (χ4n) is 3.75. The Morgan fingerprint density at radius 3 is 2.47 bits per heavy atom. The van der Waals surface area contributed by atoms with E-state index in [1.807, 2.05) is 0 Å². The number of unbranched alkanes of at least 4 members (excludes halogenated alkanes) is 1. The van der Waals surface area contributed by atoms with Crippen molar-refractivity contribution in [1.82, 2.24) is 0 Å². The van der Waals surface area contributed by atoms with Crippen LogP contribution in [0.2, 0.25) is 0 Å². The second-order valence-corrected chi connectivity index (χ2v) is 6.11. The van der Waals surface area contributed by atoms with Crippen molar-refractivity contribution < 1.29 is 9.90 Å². The van der Waals surface area contributed by atoms with Gasteiger partial charge in [-0.05, 0) is 30.7 Å². The van der Waals surface area contributed by atoms with Gasteiger partial charge in [0.05, 0.1) is 0 Å². The number of carbonyl (C=O) groups is 1. The Morgan fingerprint density at radius 2 is 1.95 bits per heavy atom. The molecule has 1 aliphatic carbocycles. The van der Waals surface area contributed by atoms with Gasteiger partial charge < -0.3 is 10.8 Å². The monoisotopic (exact) mass is 269 g/mol. The second kappa shape index (κ2) is 9.35. The van der Waals surface area contributed by atoms with Gasteiger partial charge in [0.2, 0.25) is 0 Å². The summed E-state index contributed by atoms with van der Waals surface area (Å²) in [7, 11) is 0. The molecule has 3 nitrogen and oxygen atoms in total. The first-order chi connectivity index (χ1) is 9.19. The van der Waals surface area contributed by atoms with E-state index in [0.29, 0.717) is 24.2 Å². The molecule has 112 valence electrons. The number of rotatable bonds is 9. The number of carboxylic acid groups (broad SMARTS) is 1. The van der Waals surface area contributed by atoms with Gasteiger partial charge in [-0.3, -0.25) is 4.79 Å². The van der Waals surface area contributed by atoms with E-state index < -0.39 is 5.97 Å². The van der Waals surface area contributed by atoms with Gasteiger partial charge in [-0.15, -0.1) is 0 Å². The summed E-state index contributed by atoms with van der Waals surface area (Å²) in [6.07, 6.45) is 11.3. The molecule has 0 bridgehead atoms. The lowest BCUT2D eigenvalue weighted by molar-refractivity contribution is -0.139. The summed E-state index contributed by atoms with van der Waals surface area (Å²) >= 11 is 0. The average Bonchev–Trinajstić information content (AvgIpc) is 2.42. The summed E-state index contributed by atoms with van der Waals surface area (Å²) in [4.78, 5) is 11.2. The molecular weight excluding hydrogens is 238 g/mol. The summed E-state index contributed by atoms with van der Waals surface area (Å²) in [5.41, 5.74) is 5.56. The minimum atomic E-state index is -0.618. The zero-order chi connectivity index (χ0) is 14.1.